The molecule has 0 aliphatic rings. The maximum absolute atomic E-state index is 8.42. The van der Waals surface area contributed by atoms with E-state index in [1.54, 1.807) is 18.3 Å². The van der Waals surface area contributed by atoms with Gasteiger partial charge in [0.1, 0.15) is 0 Å². The van der Waals surface area contributed by atoms with E-state index in [2.05, 4.69) is 4.98 Å². The second-order valence-electron chi connectivity index (χ2n) is 1.06. The molecule has 2 nitrogen and oxygen atoms in total. The van der Waals surface area contributed by atoms with Crippen LogP contribution in [0.15, 0.2) is 18.3 Å². The van der Waals surface area contributed by atoms with E-state index in [0.717, 1.165) is 0 Å². The van der Waals surface area contributed by atoms with Gasteiger partial charge in [0, 0.05) is 6.20 Å². The number of hydrogen-bond acceptors (Lipinski definition) is 1. The Morgan fingerprint density at radius 1 is 1.57 bits per heavy atom. The molecule has 0 saturated heterocycles. The first-order valence-electron chi connectivity index (χ1n) is 1.72. The molecule has 0 unspecified atom stereocenters. The van der Waals surface area contributed by atoms with Crippen LogP contribution in [0, 0.1) is 0 Å². The maximum atomic E-state index is 8.42. The van der Waals surface area contributed by atoms with Gasteiger partial charge in [-0.2, -0.15) is 0 Å². The third kappa shape index (κ3) is 1.50. The summed E-state index contributed by atoms with van der Waals surface area (Å²) in [4.78, 5) is 2.56. The van der Waals surface area contributed by atoms with Gasteiger partial charge in [-0.05, 0) is 12.1 Å². The second kappa shape index (κ2) is 2.53. The molecule has 0 fully saturated rings. The number of H-pyrrole nitrogens is 1. The topological polar surface area (TPSA) is 36.0 Å². The first-order chi connectivity index (χ1) is 2.89. The molecule has 1 rings (SSSR count). The molecule has 0 spiro atoms. The number of aromatic nitrogens is 1. The molecule has 0 bridgehead atoms. The van der Waals surface area contributed by atoms with Crippen molar-refractivity contribution in [1.29, 1.82) is 0 Å². The molecule has 0 amide bonds. The smallest absolute Gasteiger partial charge is 0.188 e. The molecule has 2 N–H and O–H groups in total. The molecule has 1 aromatic heterocycles. The Hall–Kier alpha value is -0.630. The molecule has 1 heterocycles. The van der Waals surface area contributed by atoms with E-state index in [1.165, 1.54) is 0 Å². The summed E-state index contributed by atoms with van der Waals surface area (Å²) < 4.78 is 0. The van der Waals surface area contributed by atoms with Gasteiger partial charge < -0.3 is 10.1 Å². The molecule has 0 atom stereocenters. The summed E-state index contributed by atoms with van der Waals surface area (Å²) in [7, 11) is 0. The Balaban J connectivity index is 0.000000360. The number of rotatable bonds is 0. The average molecular weight is 120 g/mol. The number of hydrogen-bond donors (Lipinski definition) is 2. The summed E-state index contributed by atoms with van der Waals surface area (Å²) in [5, 5.41) is 8.42. The predicted molar refractivity (Wildman–Crippen MR) is 29.7 cm³/mol. The van der Waals surface area contributed by atoms with Crippen molar-refractivity contribution in [1.82, 2.24) is 4.98 Å². The minimum Gasteiger partial charge on any atom is -0.495 e. The van der Waals surface area contributed by atoms with Crippen molar-refractivity contribution in [2.24, 2.45) is 0 Å². The van der Waals surface area contributed by atoms with E-state index in [0.29, 0.717) is 0 Å². The lowest BCUT2D eigenvalue weighted by Gasteiger charge is -1.71. The molecular weight excluding hydrogens is 114 g/mol. The molecule has 40 valence electrons. The SMILES string of the molecule is Cl.Oc1ccc[nH]1. The summed E-state index contributed by atoms with van der Waals surface area (Å²) in [5.41, 5.74) is 0. The maximum Gasteiger partial charge on any atom is 0.188 e. The van der Waals surface area contributed by atoms with Crippen LogP contribution in [0.1, 0.15) is 0 Å². The standard InChI is InChI=1S/C4H5NO.ClH/c6-4-2-1-3-5-4;/h1-3,5-6H;1H. The van der Waals surface area contributed by atoms with Gasteiger partial charge in [-0.3, -0.25) is 0 Å². The number of aromatic amines is 1. The quantitative estimate of drug-likeness (QED) is 0.528. The first kappa shape index (κ1) is 6.37. The average Bonchev–Trinajstić information content (AvgIpc) is 1.86. The van der Waals surface area contributed by atoms with Crippen molar-refractivity contribution < 1.29 is 5.11 Å². The Kier molecular flexibility index (Phi) is 2.30. The Morgan fingerprint density at radius 3 is 2.43 bits per heavy atom. The van der Waals surface area contributed by atoms with Crippen LogP contribution in [0.5, 0.6) is 5.88 Å². The molecule has 0 radical (unpaired) electrons. The normalized spacial score (nSPS) is 7.43. The summed E-state index contributed by atoms with van der Waals surface area (Å²) in [5.74, 6) is 0.218. The fraction of sp³-hybridized carbons (Fsp3) is 0. The van der Waals surface area contributed by atoms with Crippen LogP contribution in [0.3, 0.4) is 0 Å². The van der Waals surface area contributed by atoms with Crippen LogP contribution in [-0.2, 0) is 0 Å². The fourth-order valence-corrected chi connectivity index (χ4v) is 0.321. The highest BCUT2D eigenvalue weighted by atomic mass is 35.5. The zero-order chi connectivity index (χ0) is 4.41. The largest absolute Gasteiger partial charge is 0.495 e. The van der Waals surface area contributed by atoms with E-state index >= 15 is 0 Å². The molecule has 3 heteroatoms. The molecule has 0 saturated carbocycles. The van der Waals surface area contributed by atoms with E-state index in [-0.39, 0.29) is 18.3 Å². The van der Waals surface area contributed by atoms with E-state index in [9.17, 15) is 0 Å². The van der Waals surface area contributed by atoms with Crippen LogP contribution >= 0.6 is 12.4 Å². The van der Waals surface area contributed by atoms with Gasteiger partial charge in [0.25, 0.3) is 0 Å². The van der Waals surface area contributed by atoms with Crippen LogP contribution < -0.4 is 0 Å². The van der Waals surface area contributed by atoms with Gasteiger partial charge in [-0.15, -0.1) is 12.4 Å². The third-order valence-corrected chi connectivity index (χ3v) is 0.582. The van der Waals surface area contributed by atoms with E-state index in [4.69, 9.17) is 5.11 Å². The minimum absolute atomic E-state index is 0. The molecule has 7 heavy (non-hydrogen) atoms. The summed E-state index contributed by atoms with van der Waals surface area (Å²) in [6.07, 6.45) is 1.66. The summed E-state index contributed by atoms with van der Waals surface area (Å²) >= 11 is 0. The number of aromatic hydroxyl groups is 1. The van der Waals surface area contributed by atoms with Crippen molar-refractivity contribution in [3.8, 4) is 5.88 Å². The van der Waals surface area contributed by atoms with Crippen LogP contribution in [0.4, 0.5) is 0 Å². The van der Waals surface area contributed by atoms with Gasteiger partial charge in [-0.1, -0.05) is 0 Å². The zero-order valence-electron chi connectivity index (χ0n) is 3.59. The van der Waals surface area contributed by atoms with Gasteiger partial charge >= 0.3 is 0 Å². The Labute approximate surface area is 47.6 Å². The second-order valence-corrected chi connectivity index (χ2v) is 1.06. The highest BCUT2D eigenvalue weighted by Crippen LogP contribution is 1.97. The Bertz CT molecular complexity index is 115. The Morgan fingerprint density at radius 2 is 2.29 bits per heavy atom. The molecule has 0 aliphatic heterocycles. The van der Waals surface area contributed by atoms with Crippen LogP contribution in [0.25, 0.3) is 0 Å². The van der Waals surface area contributed by atoms with Crippen molar-refractivity contribution in [3.05, 3.63) is 18.3 Å². The lowest BCUT2D eigenvalue weighted by Crippen LogP contribution is -1.51. The van der Waals surface area contributed by atoms with Gasteiger partial charge in [-0.25, -0.2) is 0 Å². The van der Waals surface area contributed by atoms with Crippen molar-refractivity contribution in [3.63, 3.8) is 0 Å². The van der Waals surface area contributed by atoms with Crippen LogP contribution in [-0.4, -0.2) is 10.1 Å². The summed E-state index contributed by atoms with van der Waals surface area (Å²) in [6.45, 7) is 0. The fourth-order valence-electron chi connectivity index (χ4n) is 0.321. The van der Waals surface area contributed by atoms with E-state index in [1.807, 2.05) is 0 Å². The monoisotopic (exact) mass is 119 g/mol. The zero-order valence-corrected chi connectivity index (χ0v) is 4.40. The number of halogens is 1. The van der Waals surface area contributed by atoms with Gasteiger partial charge in [0.15, 0.2) is 5.88 Å². The third-order valence-electron chi connectivity index (χ3n) is 0.582. The number of nitrogens with one attached hydrogen (secondary N) is 1. The van der Waals surface area contributed by atoms with Gasteiger partial charge in [0.05, 0.1) is 0 Å². The molecule has 0 aromatic carbocycles. The molecular formula is C4H6ClNO. The summed E-state index contributed by atoms with van der Waals surface area (Å²) in [6, 6.07) is 3.31. The van der Waals surface area contributed by atoms with Gasteiger partial charge in [0.2, 0.25) is 0 Å². The van der Waals surface area contributed by atoms with Crippen molar-refractivity contribution in [2.45, 2.75) is 0 Å². The lowest BCUT2D eigenvalue weighted by molar-refractivity contribution is 0.457. The van der Waals surface area contributed by atoms with Crippen molar-refractivity contribution in [2.75, 3.05) is 0 Å². The van der Waals surface area contributed by atoms with Crippen LogP contribution in [0.2, 0.25) is 0 Å². The predicted octanol–water partition coefficient (Wildman–Crippen LogP) is 1.14. The van der Waals surface area contributed by atoms with E-state index < -0.39 is 0 Å². The molecule has 1 aromatic rings. The minimum atomic E-state index is 0. The first-order valence-corrected chi connectivity index (χ1v) is 1.72. The highest BCUT2D eigenvalue weighted by molar-refractivity contribution is 5.85. The highest BCUT2D eigenvalue weighted by Gasteiger charge is 1.75. The molecule has 0 aliphatic carbocycles. The van der Waals surface area contributed by atoms with Crippen molar-refractivity contribution >= 4 is 12.4 Å². The lowest BCUT2D eigenvalue weighted by atomic mass is 10.7.